The van der Waals surface area contributed by atoms with E-state index >= 15 is 0 Å². The van der Waals surface area contributed by atoms with Crippen LogP contribution in [0.4, 0.5) is 4.39 Å². The number of hydrogen-bond acceptors (Lipinski definition) is 2. The van der Waals surface area contributed by atoms with Crippen LogP contribution in [0, 0.1) is 5.82 Å². The van der Waals surface area contributed by atoms with Gasteiger partial charge in [0.05, 0.1) is 10.0 Å². The molecule has 0 aliphatic carbocycles. The molecule has 0 atom stereocenters. The minimum atomic E-state index is -0.440. The Labute approximate surface area is 118 Å². The van der Waals surface area contributed by atoms with E-state index in [0.29, 0.717) is 16.7 Å². The molecule has 0 saturated heterocycles. The zero-order valence-corrected chi connectivity index (χ0v) is 11.0. The van der Waals surface area contributed by atoms with E-state index in [-0.39, 0.29) is 21.4 Å². The lowest BCUT2D eigenvalue weighted by Crippen LogP contribution is -1.78. The lowest BCUT2D eigenvalue weighted by atomic mass is 10.1. The fourth-order valence-corrected chi connectivity index (χ4v) is 2.30. The fourth-order valence-electron chi connectivity index (χ4n) is 1.89. The monoisotopic (exact) mass is 296 g/mol. The average molecular weight is 297 g/mol. The summed E-state index contributed by atoms with van der Waals surface area (Å²) < 4.78 is 19.0. The normalized spacial score (nSPS) is 11.1. The molecule has 0 amide bonds. The number of furan rings is 1. The van der Waals surface area contributed by atoms with Gasteiger partial charge in [0.15, 0.2) is 11.4 Å². The Kier molecular flexibility index (Phi) is 2.88. The van der Waals surface area contributed by atoms with Crippen molar-refractivity contribution in [1.29, 1.82) is 0 Å². The number of benzene rings is 2. The maximum absolute atomic E-state index is 13.6. The number of halogens is 3. The number of phenols is 1. The van der Waals surface area contributed by atoms with Gasteiger partial charge in [-0.25, -0.2) is 4.39 Å². The van der Waals surface area contributed by atoms with Crippen LogP contribution in [-0.2, 0) is 0 Å². The number of para-hydroxylation sites is 1. The summed E-state index contributed by atoms with van der Waals surface area (Å²) in [6.07, 6.45) is 0. The van der Waals surface area contributed by atoms with Crippen molar-refractivity contribution in [2.75, 3.05) is 0 Å². The zero-order valence-electron chi connectivity index (χ0n) is 9.45. The van der Waals surface area contributed by atoms with Gasteiger partial charge in [0.25, 0.3) is 0 Å². The first kappa shape index (κ1) is 12.3. The molecule has 2 aromatic carbocycles. The summed E-state index contributed by atoms with van der Waals surface area (Å²) in [4.78, 5) is 0. The Morgan fingerprint density at radius 1 is 1.05 bits per heavy atom. The highest BCUT2D eigenvalue weighted by Gasteiger charge is 2.14. The molecule has 1 N–H and O–H groups in total. The molecule has 0 radical (unpaired) electrons. The Hall–Kier alpha value is -1.71. The second-order valence-corrected chi connectivity index (χ2v) is 4.87. The topological polar surface area (TPSA) is 33.4 Å². The van der Waals surface area contributed by atoms with Crippen molar-refractivity contribution < 1.29 is 13.9 Å². The smallest absolute Gasteiger partial charge is 0.170 e. The molecule has 0 aliphatic heterocycles. The van der Waals surface area contributed by atoms with Gasteiger partial charge in [-0.05, 0) is 18.2 Å². The van der Waals surface area contributed by atoms with Crippen molar-refractivity contribution in [3.05, 3.63) is 52.3 Å². The van der Waals surface area contributed by atoms with Crippen molar-refractivity contribution in [1.82, 2.24) is 0 Å². The second-order valence-electron chi connectivity index (χ2n) is 4.05. The third-order valence-corrected chi connectivity index (χ3v) is 3.41. The molecule has 0 unspecified atom stereocenters. The first-order valence-corrected chi connectivity index (χ1v) is 6.18. The van der Waals surface area contributed by atoms with E-state index in [1.165, 1.54) is 18.2 Å². The number of rotatable bonds is 1. The Morgan fingerprint density at radius 2 is 1.84 bits per heavy atom. The molecule has 0 bridgehead atoms. The second kappa shape index (κ2) is 4.44. The van der Waals surface area contributed by atoms with Gasteiger partial charge >= 0.3 is 0 Å². The van der Waals surface area contributed by atoms with Crippen molar-refractivity contribution >= 4 is 34.2 Å². The fraction of sp³-hybridized carbons (Fsp3) is 0. The molecule has 1 heterocycles. The molecule has 19 heavy (non-hydrogen) atoms. The molecule has 3 aromatic rings. The van der Waals surface area contributed by atoms with E-state index < -0.39 is 5.82 Å². The average Bonchev–Trinajstić information content (AvgIpc) is 2.79. The van der Waals surface area contributed by atoms with Gasteiger partial charge in [0.2, 0.25) is 0 Å². The lowest BCUT2D eigenvalue weighted by molar-refractivity contribution is 0.475. The number of phenolic OH excluding ortho intramolecular Hbond substituents is 1. The summed E-state index contributed by atoms with van der Waals surface area (Å²) >= 11 is 11.9. The molecule has 1 aromatic heterocycles. The van der Waals surface area contributed by atoms with Crippen molar-refractivity contribution in [2.45, 2.75) is 0 Å². The summed E-state index contributed by atoms with van der Waals surface area (Å²) in [5, 5.41) is 10.5. The molecule has 0 spiro atoms. The number of aromatic hydroxyl groups is 1. The van der Waals surface area contributed by atoms with Crippen molar-refractivity contribution in [3.8, 4) is 17.1 Å². The minimum absolute atomic E-state index is 0.113. The Bertz CT molecular complexity index is 780. The summed E-state index contributed by atoms with van der Waals surface area (Å²) in [6.45, 7) is 0. The summed E-state index contributed by atoms with van der Waals surface area (Å²) in [6, 6.07) is 9.13. The van der Waals surface area contributed by atoms with E-state index in [2.05, 4.69) is 0 Å². The van der Waals surface area contributed by atoms with E-state index in [4.69, 9.17) is 27.6 Å². The van der Waals surface area contributed by atoms with Gasteiger partial charge in [0.1, 0.15) is 11.5 Å². The van der Waals surface area contributed by atoms with Crippen LogP contribution in [0.25, 0.3) is 22.3 Å². The van der Waals surface area contributed by atoms with E-state index in [1.807, 2.05) is 0 Å². The summed E-state index contributed by atoms with van der Waals surface area (Å²) in [5.41, 5.74) is 0.665. The van der Waals surface area contributed by atoms with Crippen LogP contribution in [0.1, 0.15) is 0 Å². The SMILES string of the molecule is Oc1cc(Cl)c(-c2cc3cccc(F)c3o2)cc1Cl. The van der Waals surface area contributed by atoms with Gasteiger partial charge < -0.3 is 9.52 Å². The van der Waals surface area contributed by atoms with Crippen LogP contribution in [0.3, 0.4) is 0 Å². The molecule has 2 nitrogen and oxygen atoms in total. The first-order chi connectivity index (χ1) is 9.06. The quantitative estimate of drug-likeness (QED) is 0.665. The largest absolute Gasteiger partial charge is 0.506 e. The molecule has 0 aliphatic rings. The highest BCUT2D eigenvalue weighted by atomic mass is 35.5. The molecule has 3 rings (SSSR count). The van der Waals surface area contributed by atoms with E-state index in [0.717, 1.165) is 0 Å². The summed E-state index contributed by atoms with van der Waals surface area (Å²) in [5.74, 6) is -0.158. The van der Waals surface area contributed by atoms with Crippen LogP contribution in [0.5, 0.6) is 5.75 Å². The highest BCUT2D eigenvalue weighted by Crippen LogP contribution is 2.38. The highest BCUT2D eigenvalue weighted by molar-refractivity contribution is 6.36. The predicted molar refractivity (Wildman–Crippen MR) is 73.3 cm³/mol. The molecule has 0 fully saturated rings. The molecule has 5 heteroatoms. The Balaban J connectivity index is 2.25. The third kappa shape index (κ3) is 2.05. The van der Waals surface area contributed by atoms with Crippen LogP contribution in [-0.4, -0.2) is 5.11 Å². The molecule has 0 saturated carbocycles. The van der Waals surface area contributed by atoms with Crippen molar-refractivity contribution in [3.63, 3.8) is 0 Å². The van der Waals surface area contributed by atoms with E-state index in [9.17, 15) is 9.50 Å². The van der Waals surface area contributed by atoms with Crippen molar-refractivity contribution in [2.24, 2.45) is 0 Å². The standard InChI is InChI=1S/C14H7Cl2FO2/c15-9-6-12(18)10(16)5-8(9)13-4-7-2-1-3-11(17)14(7)19-13/h1-6,18H. The molecule has 96 valence electrons. The number of fused-ring (bicyclic) bond motifs is 1. The molecular weight excluding hydrogens is 290 g/mol. The first-order valence-electron chi connectivity index (χ1n) is 5.42. The van der Waals surface area contributed by atoms with E-state index in [1.54, 1.807) is 18.2 Å². The van der Waals surface area contributed by atoms with Gasteiger partial charge in [-0.3, -0.25) is 0 Å². The maximum Gasteiger partial charge on any atom is 0.170 e. The molecular formula is C14H7Cl2FO2. The van der Waals surface area contributed by atoms with Gasteiger partial charge in [0, 0.05) is 17.0 Å². The lowest BCUT2D eigenvalue weighted by Gasteiger charge is -2.03. The minimum Gasteiger partial charge on any atom is -0.506 e. The Morgan fingerprint density at radius 3 is 2.58 bits per heavy atom. The zero-order chi connectivity index (χ0) is 13.6. The predicted octanol–water partition coefficient (Wildman–Crippen LogP) is 5.25. The van der Waals surface area contributed by atoms with Crippen LogP contribution in [0.15, 0.2) is 40.8 Å². The summed E-state index contributed by atoms with van der Waals surface area (Å²) in [7, 11) is 0. The van der Waals surface area contributed by atoms with Gasteiger partial charge in [-0.1, -0.05) is 35.3 Å². The van der Waals surface area contributed by atoms with Crippen LogP contribution >= 0.6 is 23.2 Å². The number of hydrogen-bond donors (Lipinski definition) is 1. The maximum atomic E-state index is 13.6. The van der Waals surface area contributed by atoms with Gasteiger partial charge in [-0.15, -0.1) is 0 Å². The van der Waals surface area contributed by atoms with Crippen LogP contribution in [0.2, 0.25) is 10.0 Å². The van der Waals surface area contributed by atoms with Gasteiger partial charge in [-0.2, -0.15) is 0 Å². The van der Waals surface area contributed by atoms with Crippen LogP contribution < -0.4 is 0 Å². The third-order valence-electron chi connectivity index (χ3n) is 2.80.